The molecule has 1 aromatic heterocycles. The average molecular weight is 342 g/mol. The second-order valence-corrected chi connectivity index (χ2v) is 7.02. The number of methoxy groups -OCH3 is 1. The van der Waals surface area contributed by atoms with Crippen molar-refractivity contribution in [1.29, 1.82) is 0 Å². The minimum Gasteiger partial charge on any atom is -0.479 e. The number of aromatic nitrogens is 1. The molecule has 1 aliphatic rings. The molecule has 7 heteroatoms. The number of pyridine rings is 1. The van der Waals surface area contributed by atoms with Gasteiger partial charge in [0.05, 0.1) is 7.11 Å². The molecular formula is C16H24ClN3O3. The van der Waals surface area contributed by atoms with E-state index in [2.05, 4.69) is 16.8 Å². The molecule has 2 heterocycles. The van der Waals surface area contributed by atoms with E-state index in [1.807, 2.05) is 26.8 Å². The van der Waals surface area contributed by atoms with E-state index in [0.717, 1.165) is 5.69 Å². The lowest BCUT2D eigenvalue weighted by molar-refractivity contribution is 0.0218. The first-order valence-corrected chi connectivity index (χ1v) is 8.04. The van der Waals surface area contributed by atoms with Crippen molar-refractivity contribution in [3.8, 4) is 5.88 Å². The van der Waals surface area contributed by atoms with Crippen LogP contribution in [0.3, 0.4) is 0 Å². The van der Waals surface area contributed by atoms with Gasteiger partial charge >= 0.3 is 6.09 Å². The van der Waals surface area contributed by atoms with Crippen LogP contribution < -0.4 is 9.64 Å². The van der Waals surface area contributed by atoms with Crippen LogP contribution in [0.4, 0.5) is 10.5 Å². The molecule has 0 radical (unpaired) electrons. The van der Waals surface area contributed by atoms with Gasteiger partial charge in [-0.15, -0.1) is 0 Å². The summed E-state index contributed by atoms with van der Waals surface area (Å²) in [6, 6.07) is 3.76. The summed E-state index contributed by atoms with van der Waals surface area (Å²) in [5.74, 6) is 0.495. The van der Waals surface area contributed by atoms with Crippen molar-refractivity contribution < 1.29 is 14.3 Å². The third kappa shape index (κ3) is 4.41. The Morgan fingerprint density at radius 3 is 2.61 bits per heavy atom. The molecule has 0 aromatic carbocycles. The Balaban J connectivity index is 2.09. The molecule has 0 unspecified atom stereocenters. The van der Waals surface area contributed by atoms with Crippen molar-refractivity contribution in [2.24, 2.45) is 0 Å². The maximum Gasteiger partial charge on any atom is 0.410 e. The highest BCUT2D eigenvalue weighted by Crippen LogP contribution is 2.30. The SMILES string of the molecule is COc1nc(Cl)ccc1N1CCN(C(=O)OC(C)(C)C)C[C@H]1C. The van der Waals surface area contributed by atoms with E-state index in [1.54, 1.807) is 18.1 Å². The number of carbonyl (C=O) groups excluding carboxylic acids is 1. The zero-order valence-electron chi connectivity index (χ0n) is 14.3. The molecule has 1 aliphatic heterocycles. The summed E-state index contributed by atoms with van der Waals surface area (Å²) >= 11 is 5.92. The maximum absolute atomic E-state index is 12.2. The minimum atomic E-state index is -0.485. The molecule has 1 amide bonds. The predicted molar refractivity (Wildman–Crippen MR) is 90.4 cm³/mol. The lowest BCUT2D eigenvalue weighted by atomic mass is 10.1. The van der Waals surface area contributed by atoms with Crippen molar-refractivity contribution in [2.75, 3.05) is 31.6 Å². The van der Waals surface area contributed by atoms with E-state index in [4.69, 9.17) is 21.1 Å². The number of piperazine rings is 1. The molecule has 1 atom stereocenters. The van der Waals surface area contributed by atoms with Crippen LogP contribution in [-0.4, -0.2) is 54.4 Å². The smallest absolute Gasteiger partial charge is 0.410 e. The first-order chi connectivity index (χ1) is 10.7. The molecule has 23 heavy (non-hydrogen) atoms. The second kappa shape index (κ2) is 6.83. The third-order valence-electron chi connectivity index (χ3n) is 3.59. The summed E-state index contributed by atoms with van der Waals surface area (Å²) in [5, 5.41) is 0.394. The van der Waals surface area contributed by atoms with Crippen LogP contribution in [0.2, 0.25) is 5.15 Å². The Morgan fingerprint density at radius 1 is 1.35 bits per heavy atom. The Hall–Kier alpha value is -1.69. The molecule has 1 aromatic rings. The molecule has 1 fully saturated rings. The quantitative estimate of drug-likeness (QED) is 0.773. The minimum absolute atomic E-state index is 0.119. The molecule has 1 saturated heterocycles. The molecule has 0 bridgehead atoms. The molecule has 0 aliphatic carbocycles. The Bertz CT molecular complexity index is 574. The number of anilines is 1. The van der Waals surface area contributed by atoms with Crippen molar-refractivity contribution in [2.45, 2.75) is 39.3 Å². The number of nitrogens with zero attached hydrogens (tertiary/aromatic N) is 3. The topological polar surface area (TPSA) is 54.9 Å². The monoisotopic (exact) mass is 341 g/mol. The normalized spacial score (nSPS) is 18.8. The maximum atomic E-state index is 12.2. The fraction of sp³-hybridized carbons (Fsp3) is 0.625. The molecular weight excluding hydrogens is 318 g/mol. The van der Waals surface area contributed by atoms with Crippen LogP contribution in [-0.2, 0) is 4.74 Å². The van der Waals surface area contributed by atoms with Gasteiger partial charge in [0.25, 0.3) is 0 Å². The van der Waals surface area contributed by atoms with Gasteiger partial charge in [-0.25, -0.2) is 4.79 Å². The zero-order valence-corrected chi connectivity index (χ0v) is 15.1. The predicted octanol–water partition coefficient (Wildman–Crippen LogP) is 3.19. The number of hydrogen-bond acceptors (Lipinski definition) is 5. The van der Waals surface area contributed by atoms with Crippen LogP contribution in [0, 0.1) is 0 Å². The lowest BCUT2D eigenvalue weighted by Crippen LogP contribution is -2.54. The Morgan fingerprint density at radius 2 is 2.04 bits per heavy atom. The van der Waals surface area contributed by atoms with Crippen LogP contribution in [0.1, 0.15) is 27.7 Å². The molecule has 0 N–H and O–H groups in total. The van der Waals surface area contributed by atoms with Gasteiger partial charge in [0.15, 0.2) is 0 Å². The number of amides is 1. The number of halogens is 1. The summed E-state index contributed by atoms with van der Waals surface area (Å²) in [4.78, 5) is 20.3. The van der Waals surface area contributed by atoms with Crippen molar-refractivity contribution in [1.82, 2.24) is 9.88 Å². The Kier molecular flexibility index (Phi) is 5.24. The number of ether oxygens (including phenoxy) is 2. The standard InChI is InChI=1S/C16H24ClN3O3/c1-11-10-19(15(21)23-16(2,3)4)8-9-20(11)12-6-7-13(17)18-14(12)22-5/h6-7,11H,8-10H2,1-5H3/t11-/m1/s1. The summed E-state index contributed by atoms with van der Waals surface area (Å²) in [6.07, 6.45) is -0.273. The fourth-order valence-electron chi connectivity index (χ4n) is 2.59. The van der Waals surface area contributed by atoms with Crippen LogP contribution in [0.25, 0.3) is 0 Å². The van der Waals surface area contributed by atoms with Crippen molar-refractivity contribution >= 4 is 23.4 Å². The van der Waals surface area contributed by atoms with Gasteiger partial charge in [0, 0.05) is 25.7 Å². The number of hydrogen-bond donors (Lipinski definition) is 0. The van der Waals surface area contributed by atoms with Gasteiger partial charge in [-0.3, -0.25) is 0 Å². The number of carbonyl (C=O) groups is 1. The molecule has 128 valence electrons. The van der Waals surface area contributed by atoms with E-state index in [9.17, 15) is 4.79 Å². The first kappa shape index (κ1) is 17.7. The van der Waals surface area contributed by atoms with Gasteiger partial charge in [0.2, 0.25) is 5.88 Å². The molecule has 2 rings (SSSR count). The zero-order chi connectivity index (χ0) is 17.2. The summed E-state index contributed by atoms with van der Waals surface area (Å²) < 4.78 is 10.8. The van der Waals surface area contributed by atoms with Crippen LogP contribution in [0.5, 0.6) is 5.88 Å². The fourth-order valence-corrected chi connectivity index (χ4v) is 2.73. The van der Waals surface area contributed by atoms with Crippen LogP contribution in [0.15, 0.2) is 12.1 Å². The summed E-state index contributed by atoms with van der Waals surface area (Å²) in [7, 11) is 1.57. The van der Waals surface area contributed by atoms with Gasteiger partial charge in [0.1, 0.15) is 16.4 Å². The third-order valence-corrected chi connectivity index (χ3v) is 3.80. The Labute approximate surface area is 142 Å². The van der Waals surface area contributed by atoms with Gasteiger partial charge in [-0.1, -0.05) is 11.6 Å². The highest BCUT2D eigenvalue weighted by Gasteiger charge is 2.31. The lowest BCUT2D eigenvalue weighted by Gasteiger charge is -2.41. The molecule has 0 saturated carbocycles. The second-order valence-electron chi connectivity index (χ2n) is 6.63. The summed E-state index contributed by atoms with van der Waals surface area (Å²) in [6.45, 7) is 9.52. The molecule has 0 spiro atoms. The van der Waals surface area contributed by atoms with E-state index in [1.165, 1.54) is 0 Å². The highest BCUT2D eigenvalue weighted by molar-refractivity contribution is 6.29. The van der Waals surface area contributed by atoms with E-state index in [-0.39, 0.29) is 12.1 Å². The van der Waals surface area contributed by atoms with Crippen molar-refractivity contribution in [3.63, 3.8) is 0 Å². The van der Waals surface area contributed by atoms with Crippen LogP contribution >= 0.6 is 11.6 Å². The van der Waals surface area contributed by atoms with E-state index >= 15 is 0 Å². The van der Waals surface area contributed by atoms with E-state index in [0.29, 0.717) is 30.7 Å². The summed E-state index contributed by atoms with van der Waals surface area (Å²) in [5.41, 5.74) is 0.397. The van der Waals surface area contributed by atoms with Crippen molar-refractivity contribution in [3.05, 3.63) is 17.3 Å². The van der Waals surface area contributed by atoms with Gasteiger partial charge < -0.3 is 19.3 Å². The van der Waals surface area contributed by atoms with Gasteiger partial charge in [-0.2, -0.15) is 4.98 Å². The van der Waals surface area contributed by atoms with E-state index < -0.39 is 5.60 Å². The molecule has 6 nitrogen and oxygen atoms in total. The largest absolute Gasteiger partial charge is 0.479 e. The average Bonchev–Trinajstić information content (AvgIpc) is 2.45. The first-order valence-electron chi connectivity index (χ1n) is 7.66. The number of rotatable bonds is 2. The highest BCUT2D eigenvalue weighted by atomic mass is 35.5. The van der Waals surface area contributed by atoms with Gasteiger partial charge in [-0.05, 0) is 39.8 Å².